The Bertz CT molecular complexity index is 3630. The van der Waals surface area contributed by atoms with Gasteiger partial charge < -0.3 is 9.47 Å². The first kappa shape index (κ1) is 40.3. The standard InChI is InChI=1S/C66H52N2/c1-45-21-17-25-48(43-45)67-61-38-14-11-33-57(61)64-51(34-19-39-62(64)67)47-24-18-26-49(44-47)68(63-40-20-36-59-65(63)56-32-9-12-35-58(56)66(59)41-15-16-42-66)60-37-13-10-31-55(60)54-30-8-7-29-53(54)52-28-6-5-27-50(52)46-22-3-2-4-23-46/h2-14,17-40,44-45H,15-16,41-43H2,1H3. The fraction of sp³-hybridized carbons (Fsp3) is 0.121. The van der Waals surface area contributed by atoms with Crippen LogP contribution in [0.1, 0.15) is 50.2 Å². The molecule has 0 N–H and O–H groups in total. The van der Waals surface area contributed by atoms with Gasteiger partial charge in [-0.3, -0.25) is 0 Å². The van der Waals surface area contributed by atoms with Gasteiger partial charge in [-0.05, 0) is 123 Å². The summed E-state index contributed by atoms with van der Waals surface area (Å²) in [5, 5.41) is 2.57. The van der Waals surface area contributed by atoms with Gasteiger partial charge >= 0.3 is 0 Å². The molecule has 1 fully saturated rings. The summed E-state index contributed by atoms with van der Waals surface area (Å²) >= 11 is 0. The fourth-order valence-electron chi connectivity index (χ4n) is 12.4. The van der Waals surface area contributed by atoms with Crippen molar-refractivity contribution >= 4 is 44.6 Å². The molecule has 1 unspecified atom stereocenters. The maximum absolute atomic E-state index is 2.59. The average molecular weight is 873 g/mol. The van der Waals surface area contributed by atoms with Gasteiger partial charge in [0.2, 0.25) is 0 Å². The molecule has 1 spiro atoms. The van der Waals surface area contributed by atoms with E-state index in [1.54, 1.807) is 0 Å². The number of fused-ring (bicyclic) bond motifs is 8. The SMILES string of the molecule is CC1C=CC=C(n2c3ccccc3c3c(-c4cccc(N(c5ccccc5-c5ccccc5-c5ccccc5-c5ccccc5)c5cccc6c5-c5ccccc5C65CCCC5)c4)cccc32)C1. The molecule has 0 amide bonds. The summed E-state index contributed by atoms with van der Waals surface area (Å²) in [4.78, 5) is 2.59. The van der Waals surface area contributed by atoms with E-state index in [0.29, 0.717) is 5.92 Å². The van der Waals surface area contributed by atoms with E-state index in [9.17, 15) is 0 Å². The van der Waals surface area contributed by atoms with Crippen LogP contribution in [0, 0.1) is 5.92 Å². The third-order valence-electron chi connectivity index (χ3n) is 15.3. The molecule has 1 heterocycles. The lowest BCUT2D eigenvalue weighted by atomic mass is 9.77. The second-order valence-electron chi connectivity index (χ2n) is 19.2. The predicted octanol–water partition coefficient (Wildman–Crippen LogP) is 18.2. The summed E-state index contributed by atoms with van der Waals surface area (Å²) < 4.78 is 2.51. The lowest BCUT2D eigenvalue weighted by Crippen LogP contribution is -2.20. The quantitative estimate of drug-likeness (QED) is 0.148. The van der Waals surface area contributed by atoms with E-state index in [1.165, 1.54) is 126 Å². The fourth-order valence-corrected chi connectivity index (χ4v) is 12.4. The molecule has 3 aliphatic carbocycles. The summed E-state index contributed by atoms with van der Waals surface area (Å²) in [6.07, 6.45) is 12.7. The third kappa shape index (κ3) is 6.39. The summed E-state index contributed by atoms with van der Waals surface area (Å²) in [5.74, 6) is 0.487. The number of hydrogen-bond acceptors (Lipinski definition) is 1. The summed E-state index contributed by atoms with van der Waals surface area (Å²) in [6, 6.07) is 79.5. The molecule has 0 radical (unpaired) electrons. The lowest BCUT2D eigenvalue weighted by molar-refractivity contribution is 0.550. The van der Waals surface area contributed by atoms with Crippen molar-refractivity contribution in [2.45, 2.75) is 44.4 Å². The highest BCUT2D eigenvalue weighted by Crippen LogP contribution is 2.60. The van der Waals surface area contributed by atoms with E-state index in [4.69, 9.17) is 0 Å². The Balaban J connectivity index is 1.05. The van der Waals surface area contributed by atoms with Crippen molar-refractivity contribution in [3.8, 4) is 55.6 Å². The molecule has 0 aliphatic heterocycles. The Hall–Kier alpha value is -7.94. The van der Waals surface area contributed by atoms with Gasteiger partial charge in [0.15, 0.2) is 0 Å². The van der Waals surface area contributed by atoms with Gasteiger partial charge in [-0.15, -0.1) is 0 Å². The number of hydrogen-bond donors (Lipinski definition) is 0. The minimum absolute atomic E-state index is 0.0357. The van der Waals surface area contributed by atoms with Crippen LogP contribution in [0.2, 0.25) is 0 Å². The van der Waals surface area contributed by atoms with E-state index in [0.717, 1.165) is 17.8 Å². The monoisotopic (exact) mass is 872 g/mol. The van der Waals surface area contributed by atoms with Gasteiger partial charge in [0.25, 0.3) is 0 Å². The molecule has 2 heteroatoms. The number of rotatable bonds is 8. The van der Waals surface area contributed by atoms with Crippen LogP contribution in [-0.4, -0.2) is 4.57 Å². The molecular weight excluding hydrogens is 821 g/mol. The number of anilines is 3. The minimum atomic E-state index is 0.0357. The van der Waals surface area contributed by atoms with Crippen molar-refractivity contribution < 1.29 is 0 Å². The molecule has 1 saturated carbocycles. The van der Waals surface area contributed by atoms with Crippen LogP contribution in [-0.2, 0) is 5.41 Å². The largest absolute Gasteiger partial charge is 0.313 e. The van der Waals surface area contributed by atoms with Gasteiger partial charge in [0.1, 0.15) is 0 Å². The summed E-state index contributed by atoms with van der Waals surface area (Å²) in [7, 11) is 0. The molecule has 1 aromatic heterocycles. The Kier molecular flexibility index (Phi) is 9.75. The highest BCUT2D eigenvalue weighted by molar-refractivity contribution is 6.16. The van der Waals surface area contributed by atoms with Crippen molar-refractivity contribution in [3.05, 3.63) is 242 Å². The molecule has 9 aromatic carbocycles. The number of para-hydroxylation sites is 2. The van der Waals surface area contributed by atoms with Crippen molar-refractivity contribution in [1.29, 1.82) is 0 Å². The van der Waals surface area contributed by atoms with Crippen LogP contribution in [0.25, 0.3) is 83.1 Å². The highest BCUT2D eigenvalue weighted by atomic mass is 15.1. The van der Waals surface area contributed by atoms with Crippen LogP contribution in [0.4, 0.5) is 17.1 Å². The number of benzene rings is 9. The lowest BCUT2D eigenvalue weighted by Gasteiger charge is -2.32. The molecule has 13 rings (SSSR count). The average Bonchev–Trinajstić information content (AvgIpc) is 4.11. The van der Waals surface area contributed by atoms with Crippen molar-refractivity contribution in [1.82, 2.24) is 4.57 Å². The Labute approximate surface area is 399 Å². The second-order valence-corrected chi connectivity index (χ2v) is 19.2. The molecule has 68 heavy (non-hydrogen) atoms. The van der Waals surface area contributed by atoms with Gasteiger partial charge in [-0.2, -0.15) is 0 Å². The van der Waals surface area contributed by atoms with Crippen LogP contribution >= 0.6 is 0 Å². The summed E-state index contributed by atoms with van der Waals surface area (Å²) in [6.45, 7) is 2.31. The minimum Gasteiger partial charge on any atom is -0.313 e. The first-order chi connectivity index (χ1) is 33.7. The number of nitrogens with zero attached hydrogens (tertiary/aromatic N) is 2. The zero-order chi connectivity index (χ0) is 45.2. The number of aromatic nitrogens is 1. The zero-order valence-corrected chi connectivity index (χ0v) is 38.4. The topological polar surface area (TPSA) is 8.17 Å². The first-order valence-electron chi connectivity index (χ1n) is 24.5. The van der Waals surface area contributed by atoms with Crippen LogP contribution in [0.3, 0.4) is 0 Å². The second kappa shape index (κ2) is 16.4. The van der Waals surface area contributed by atoms with Crippen LogP contribution in [0.15, 0.2) is 231 Å². The Morgan fingerprint density at radius 2 is 1.04 bits per heavy atom. The number of allylic oxidation sites excluding steroid dienone is 4. The highest BCUT2D eigenvalue weighted by Gasteiger charge is 2.46. The van der Waals surface area contributed by atoms with Gasteiger partial charge in [0.05, 0.1) is 22.4 Å². The van der Waals surface area contributed by atoms with Crippen molar-refractivity contribution in [2.75, 3.05) is 4.90 Å². The molecule has 10 aromatic rings. The van der Waals surface area contributed by atoms with Gasteiger partial charge in [-0.1, -0.05) is 208 Å². The van der Waals surface area contributed by atoms with E-state index >= 15 is 0 Å². The molecular formula is C66H52N2. The van der Waals surface area contributed by atoms with Crippen LogP contribution in [0.5, 0.6) is 0 Å². The summed E-state index contributed by atoms with van der Waals surface area (Å²) in [5.41, 5.74) is 22.8. The molecule has 0 bridgehead atoms. The normalized spacial score (nSPS) is 15.7. The third-order valence-corrected chi connectivity index (χ3v) is 15.3. The molecule has 2 nitrogen and oxygen atoms in total. The Morgan fingerprint density at radius 3 is 1.85 bits per heavy atom. The predicted molar refractivity (Wildman–Crippen MR) is 288 cm³/mol. The first-order valence-corrected chi connectivity index (χ1v) is 24.5. The van der Waals surface area contributed by atoms with E-state index in [-0.39, 0.29) is 5.41 Å². The van der Waals surface area contributed by atoms with Gasteiger partial charge in [-0.25, -0.2) is 0 Å². The maximum Gasteiger partial charge on any atom is 0.0544 e. The maximum atomic E-state index is 2.59. The zero-order valence-electron chi connectivity index (χ0n) is 38.4. The van der Waals surface area contributed by atoms with E-state index in [2.05, 4.69) is 247 Å². The van der Waals surface area contributed by atoms with Gasteiger partial charge in [0, 0.05) is 38.7 Å². The van der Waals surface area contributed by atoms with Crippen molar-refractivity contribution in [3.63, 3.8) is 0 Å². The smallest absolute Gasteiger partial charge is 0.0544 e. The van der Waals surface area contributed by atoms with E-state index in [1.807, 2.05) is 0 Å². The Morgan fingerprint density at radius 1 is 0.471 bits per heavy atom. The van der Waals surface area contributed by atoms with E-state index < -0.39 is 0 Å². The molecule has 3 aliphatic rings. The van der Waals surface area contributed by atoms with Crippen LogP contribution < -0.4 is 4.90 Å². The molecule has 326 valence electrons. The molecule has 1 atom stereocenters. The van der Waals surface area contributed by atoms with Crippen molar-refractivity contribution in [2.24, 2.45) is 5.92 Å². The molecule has 0 saturated heterocycles.